The van der Waals surface area contributed by atoms with Crippen LogP contribution in [-0.2, 0) is 11.2 Å². The summed E-state index contributed by atoms with van der Waals surface area (Å²) >= 11 is 1.37. The van der Waals surface area contributed by atoms with E-state index in [2.05, 4.69) is 30.8 Å². The number of rotatable bonds is 6. The monoisotopic (exact) mass is 385 g/mol. The number of aromatic amines is 1. The van der Waals surface area contributed by atoms with E-state index >= 15 is 0 Å². The number of hydrogen-bond donors (Lipinski definition) is 2. The molecule has 0 atom stereocenters. The molecule has 0 radical (unpaired) electrons. The molecule has 1 amide bonds. The minimum Gasteiger partial charge on any atom is -0.326 e. The van der Waals surface area contributed by atoms with Crippen LogP contribution in [0, 0.1) is 13.8 Å². The van der Waals surface area contributed by atoms with Gasteiger partial charge in [-0.05, 0) is 54.6 Å². The number of amides is 1. The van der Waals surface area contributed by atoms with Crippen LogP contribution in [0.2, 0.25) is 0 Å². The Bertz CT molecular complexity index is 1010. The second-order valence-electron chi connectivity index (χ2n) is 5.94. The molecule has 140 valence electrons. The Balaban J connectivity index is 1.69. The van der Waals surface area contributed by atoms with Crippen molar-refractivity contribution in [2.45, 2.75) is 31.8 Å². The van der Waals surface area contributed by atoms with Crippen molar-refractivity contribution in [2.75, 3.05) is 11.6 Å². The standard InChI is InChI=1S/C17H19N7O2S/c1-10-4-5-12(8-14(10)24-9-18-22-23-24)20-15(25)7-6-13-11(2)19-17(27-3)21-16(13)26/h4-5,8-9H,6-7H2,1-3H3,(H,20,25)(H,19,21,26). The van der Waals surface area contributed by atoms with Gasteiger partial charge in [-0.15, -0.1) is 5.10 Å². The zero-order valence-corrected chi connectivity index (χ0v) is 16.0. The SMILES string of the molecule is CSc1nc(C)c(CCC(=O)Nc2ccc(C)c(-n3cnnn3)c2)c(=O)[nH]1. The number of H-pyrrole nitrogens is 1. The number of thioether (sulfide) groups is 1. The fourth-order valence-corrected chi connectivity index (χ4v) is 3.07. The molecule has 2 aromatic heterocycles. The van der Waals surface area contributed by atoms with Gasteiger partial charge < -0.3 is 10.3 Å². The summed E-state index contributed by atoms with van der Waals surface area (Å²) in [5, 5.41) is 14.5. The Morgan fingerprint density at radius 2 is 2.15 bits per heavy atom. The molecule has 0 aliphatic carbocycles. The van der Waals surface area contributed by atoms with E-state index in [-0.39, 0.29) is 17.9 Å². The zero-order chi connectivity index (χ0) is 19.4. The third kappa shape index (κ3) is 4.40. The van der Waals surface area contributed by atoms with E-state index in [9.17, 15) is 9.59 Å². The summed E-state index contributed by atoms with van der Waals surface area (Å²) in [7, 11) is 0. The molecule has 27 heavy (non-hydrogen) atoms. The van der Waals surface area contributed by atoms with Crippen molar-refractivity contribution in [3.05, 3.63) is 51.7 Å². The molecule has 2 N–H and O–H groups in total. The van der Waals surface area contributed by atoms with Crippen molar-refractivity contribution >= 4 is 23.4 Å². The van der Waals surface area contributed by atoms with Gasteiger partial charge in [0.25, 0.3) is 5.56 Å². The number of aryl methyl sites for hydroxylation is 2. The summed E-state index contributed by atoms with van der Waals surface area (Å²) in [5.41, 5.74) is 3.37. The summed E-state index contributed by atoms with van der Waals surface area (Å²) < 4.78 is 1.53. The maximum Gasteiger partial charge on any atom is 0.254 e. The number of carbonyl (C=O) groups is 1. The molecule has 0 aliphatic rings. The smallest absolute Gasteiger partial charge is 0.254 e. The fourth-order valence-electron chi connectivity index (χ4n) is 2.64. The minimum atomic E-state index is -0.198. The van der Waals surface area contributed by atoms with Gasteiger partial charge >= 0.3 is 0 Å². The molecule has 0 spiro atoms. The first-order valence-corrected chi connectivity index (χ1v) is 9.48. The highest BCUT2D eigenvalue weighted by Gasteiger charge is 2.12. The molecule has 2 heterocycles. The molecule has 0 fully saturated rings. The molecular weight excluding hydrogens is 366 g/mol. The average molecular weight is 385 g/mol. The first-order chi connectivity index (χ1) is 13.0. The summed E-state index contributed by atoms with van der Waals surface area (Å²) in [6, 6.07) is 5.50. The summed E-state index contributed by atoms with van der Waals surface area (Å²) in [5.74, 6) is -0.186. The predicted octanol–water partition coefficient (Wildman–Crippen LogP) is 1.66. The van der Waals surface area contributed by atoms with Crippen LogP contribution in [0.4, 0.5) is 5.69 Å². The van der Waals surface area contributed by atoms with E-state index in [0.717, 1.165) is 11.3 Å². The van der Waals surface area contributed by atoms with Crippen LogP contribution in [0.25, 0.3) is 5.69 Å². The molecule has 3 rings (SSSR count). The van der Waals surface area contributed by atoms with Gasteiger partial charge in [0.15, 0.2) is 5.16 Å². The third-order valence-electron chi connectivity index (χ3n) is 4.08. The maximum atomic E-state index is 12.3. The van der Waals surface area contributed by atoms with Crippen LogP contribution in [0.5, 0.6) is 0 Å². The van der Waals surface area contributed by atoms with Crippen LogP contribution in [0.3, 0.4) is 0 Å². The minimum absolute atomic E-state index is 0.179. The van der Waals surface area contributed by atoms with Crippen molar-refractivity contribution in [3.63, 3.8) is 0 Å². The van der Waals surface area contributed by atoms with Crippen LogP contribution in [-0.4, -0.2) is 42.3 Å². The summed E-state index contributed by atoms with van der Waals surface area (Å²) in [6.45, 7) is 3.71. The second-order valence-corrected chi connectivity index (χ2v) is 6.74. The van der Waals surface area contributed by atoms with Crippen LogP contribution in [0.1, 0.15) is 23.2 Å². The molecular formula is C17H19N7O2S. The molecule has 0 saturated heterocycles. The maximum absolute atomic E-state index is 12.3. The average Bonchev–Trinajstić information content (AvgIpc) is 3.17. The van der Waals surface area contributed by atoms with E-state index in [1.54, 1.807) is 13.0 Å². The lowest BCUT2D eigenvalue weighted by Gasteiger charge is -2.10. The Morgan fingerprint density at radius 3 is 2.81 bits per heavy atom. The highest BCUT2D eigenvalue weighted by molar-refractivity contribution is 7.98. The third-order valence-corrected chi connectivity index (χ3v) is 4.66. The number of nitrogens with zero attached hydrogens (tertiary/aromatic N) is 5. The van der Waals surface area contributed by atoms with Gasteiger partial charge in [0.05, 0.1) is 5.69 Å². The van der Waals surface area contributed by atoms with Gasteiger partial charge in [-0.25, -0.2) is 9.67 Å². The fraction of sp³-hybridized carbons (Fsp3) is 0.294. The van der Waals surface area contributed by atoms with Gasteiger partial charge in [0.2, 0.25) is 5.91 Å². The van der Waals surface area contributed by atoms with E-state index in [0.29, 0.717) is 28.5 Å². The Hall–Kier alpha value is -3.01. The molecule has 9 nitrogen and oxygen atoms in total. The van der Waals surface area contributed by atoms with Crippen molar-refractivity contribution < 1.29 is 4.79 Å². The van der Waals surface area contributed by atoms with E-state index in [4.69, 9.17) is 0 Å². The predicted molar refractivity (Wildman–Crippen MR) is 102 cm³/mol. The molecule has 0 saturated carbocycles. The molecule has 3 aromatic rings. The topological polar surface area (TPSA) is 118 Å². The van der Waals surface area contributed by atoms with Gasteiger partial charge in [-0.1, -0.05) is 17.8 Å². The van der Waals surface area contributed by atoms with Crippen molar-refractivity contribution in [1.29, 1.82) is 0 Å². The summed E-state index contributed by atoms with van der Waals surface area (Å²) in [6.07, 6.45) is 3.84. The van der Waals surface area contributed by atoms with Gasteiger partial charge in [0, 0.05) is 23.4 Å². The Kier molecular flexibility index (Phi) is 5.65. The van der Waals surface area contributed by atoms with Gasteiger partial charge in [-0.2, -0.15) is 0 Å². The van der Waals surface area contributed by atoms with Crippen LogP contribution in [0.15, 0.2) is 34.5 Å². The quantitative estimate of drug-likeness (QED) is 0.489. The highest BCUT2D eigenvalue weighted by atomic mass is 32.2. The van der Waals surface area contributed by atoms with E-state index in [1.807, 2.05) is 25.3 Å². The van der Waals surface area contributed by atoms with Crippen molar-refractivity contribution in [2.24, 2.45) is 0 Å². The lowest BCUT2D eigenvalue weighted by Crippen LogP contribution is -2.20. The number of nitrogens with one attached hydrogen (secondary N) is 2. The number of aromatic nitrogens is 6. The van der Waals surface area contributed by atoms with E-state index in [1.165, 1.54) is 22.8 Å². The molecule has 10 heteroatoms. The van der Waals surface area contributed by atoms with Gasteiger partial charge in [0.1, 0.15) is 6.33 Å². The van der Waals surface area contributed by atoms with Gasteiger partial charge in [-0.3, -0.25) is 9.59 Å². The first kappa shape index (κ1) is 18.8. The second kappa shape index (κ2) is 8.12. The molecule has 1 aromatic carbocycles. The number of benzene rings is 1. The molecule has 0 aliphatic heterocycles. The first-order valence-electron chi connectivity index (χ1n) is 8.25. The highest BCUT2D eigenvalue weighted by Crippen LogP contribution is 2.18. The summed E-state index contributed by atoms with van der Waals surface area (Å²) in [4.78, 5) is 31.5. The number of anilines is 1. The van der Waals surface area contributed by atoms with Crippen molar-refractivity contribution in [1.82, 2.24) is 30.2 Å². The van der Waals surface area contributed by atoms with Crippen LogP contribution < -0.4 is 10.9 Å². The Labute approximate surface area is 159 Å². The Morgan fingerprint density at radius 1 is 1.33 bits per heavy atom. The molecule has 0 bridgehead atoms. The lowest BCUT2D eigenvalue weighted by molar-refractivity contribution is -0.116. The normalized spacial score (nSPS) is 10.8. The number of carbonyl (C=O) groups excluding carboxylic acids is 1. The van der Waals surface area contributed by atoms with Crippen LogP contribution >= 0.6 is 11.8 Å². The van der Waals surface area contributed by atoms with E-state index < -0.39 is 0 Å². The lowest BCUT2D eigenvalue weighted by atomic mass is 10.1. The molecule has 0 unspecified atom stereocenters. The number of hydrogen-bond acceptors (Lipinski definition) is 7. The van der Waals surface area contributed by atoms with Crippen molar-refractivity contribution in [3.8, 4) is 5.69 Å². The number of tetrazole rings is 1. The largest absolute Gasteiger partial charge is 0.326 e. The zero-order valence-electron chi connectivity index (χ0n) is 15.2.